The van der Waals surface area contributed by atoms with Crippen LogP contribution in [0.4, 0.5) is 17.1 Å². The molecule has 0 aliphatic carbocycles. The van der Waals surface area contributed by atoms with E-state index in [-0.39, 0.29) is 23.9 Å². The fraction of sp³-hybridized carbons (Fsp3) is 0.133. The van der Waals surface area contributed by atoms with Gasteiger partial charge < -0.3 is 20.2 Å². The van der Waals surface area contributed by atoms with Gasteiger partial charge in [0, 0.05) is 42.9 Å². The quantitative estimate of drug-likeness (QED) is 0.371. The lowest BCUT2D eigenvalue weighted by atomic mass is 9.99. The van der Waals surface area contributed by atoms with Crippen LogP contribution in [-0.2, 0) is 22.6 Å². The average Bonchev–Trinajstić information content (AvgIpc) is 3.67. The van der Waals surface area contributed by atoms with Gasteiger partial charge in [0.2, 0.25) is 5.91 Å². The SMILES string of the molecule is CN1C(=O)C(=C(Nc2ccc3c(c2)CCN3C(=O)Cn2cccn2)c2ccccc2)c2ccc(C(=O)O)cc21. The summed E-state index contributed by atoms with van der Waals surface area (Å²) >= 11 is 0. The minimum atomic E-state index is -1.05. The van der Waals surface area contributed by atoms with Gasteiger partial charge in [0.15, 0.2) is 0 Å². The molecule has 39 heavy (non-hydrogen) atoms. The average molecular weight is 520 g/mol. The van der Waals surface area contributed by atoms with Crippen molar-refractivity contribution in [3.63, 3.8) is 0 Å². The zero-order valence-electron chi connectivity index (χ0n) is 21.2. The number of benzene rings is 3. The van der Waals surface area contributed by atoms with Crippen molar-refractivity contribution in [1.82, 2.24) is 9.78 Å². The standard InChI is InChI=1S/C30H25N5O4/c1-33-25-17-21(30(38)39)8-10-23(25)27(29(33)37)28(19-6-3-2-4-7-19)32-22-9-11-24-20(16-22)12-15-35(24)26(36)18-34-14-5-13-31-34/h2-11,13-14,16-17,32H,12,15,18H2,1H3,(H,38,39). The van der Waals surface area contributed by atoms with Crippen LogP contribution in [0.3, 0.4) is 0 Å². The zero-order valence-corrected chi connectivity index (χ0v) is 21.2. The molecule has 2 aliphatic rings. The summed E-state index contributed by atoms with van der Waals surface area (Å²) in [6, 6.07) is 21.9. The molecule has 1 aromatic heterocycles. The molecular weight excluding hydrogens is 494 g/mol. The van der Waals surface area contributed by atoms with E-state index in [2.05, 4.69) is 10.4 Å². The number of nitrogens with one attached hydrogen (secondary N) is 1. The number of likely N-dealkylation sites (N-methyl/N-ethyl adjacent to an activating group) is 1. The number of anilines is 3. The van der Waals surface area contributed by atoms with E-state index in [1.54, 1.807) is 41.2 Å². The van der Waals surface area contributed by atoms with Crippen LogP contribution in [-0.4, -0.2) is 46.3 Å². The highest BCUT2D eigenvalue weighted by Gasteiger charge is 2.34. The van der Waals surface area contributed by atoms with Crippen molar-refractivity contribution in [3.05, 3.63) is 107 Å². The Balaban J connectivity index is 1.37. The minimum absolute atomic E-state index is 0.0258. The first kappa shape index (κ1) is 24.2. The molecule has 3 aromatic carbocycles. The van der Waals surface area contributed by atoms with Crippen LogP contribution >= 0.6 is 0 Å². The van der Waals surface area contributed by atoms with E-state index in [4.69, 9.17) is 0 Å². The number of hydrogen-bond acceptors (Lipinski definition) is 5. The van der Waals surface area contributed by atoms with Crippen LogP contribution in [0.5, 0.6) is 0 Å². The fourth-order valence-electron chi connectivity index (χ4n) is 5.17. The van der Waals surface area contributed by atoms with Crippen molar-refractivity contribution < 1.29 is 19.5 Å². The number of hydrogen-bond donors (Lipinski definition) is 2. The maximum atomic E-state index is 13.5. The Kier molecular flexibility index (Phi) is 5.95. The molecule has 2 aliphatic heterocycles. The lowest BCUT2D eigenvalue weighted by Gasteiger charge is -2.19. The Bertz CT molecular complexity index is 1640. The predicted octanol–water partition coefficient (Wildman–Crippen LogP) is 4.13. The number of aromatic carboxylic acids is 1. The summed E-state index contributed by atoms with van der Waals surface area (Å²) in [5.74, 6) is -1.30. The molecule has 0 fully saturated rings. The van der Waals surface area contributed by atoms with Crippen molar-refractivity contribution in [2.75, 3.05) is 28.7 Å². The lowest BCUT2D eigenvalue weighted by molar-refractivity contribution is -0.119. The maximum Gasteiger partial charge on any atom is 0.335 e. The summed E-state index contributed by atoms with van der Waals surface area (Å²) in [5.41, 5.74) is 5.93. The molecular formula is C30H25N5O4. The van der Waals surface area contributed by atoms with Crippen LogP contribution < -0.4 is 15.1 Å². The van der Waals surface area contributed by atoms with Gasteiger partial charge in [-0.05, 0) is 53.9 Å². The summed E-state index contributed by atoms with van der Waals surface area (Å²) < 4.78 is 1.61. The Hall–Kier alpha value is -5.18. The third-order valence-corrected chi connectivity index (χ3v) is 7.11. The van der Waals surface area contributed by atoms with Crippen molar-refractivity contribution in [2.45, 2.75) is 13.0 Å². The fourth-order valence-corrected chi connectivity index (χ4v) is 5.17. The van der Waals surface area contributed by atoms with Gasteiger partial charge in [0.05, 0.1) is 22.5 Å². The first-order valence-electron chi connectivity index (χ1n) is 12.5. The van der Waals surface area contributed by atoms with E-state index in [1.165, 1.54) is 17.0 Å². The molecule has 0 bridgehead atoms. The molecule has 0 spiro atoms. The Morgan fingerprint density at radius 3 is 2.54 bits per heavy atom. The van der Waals surface area contributed by atoms with Gasteiger partial charge in [-0.1, -0.05) is 36.4 Å². The van der Waals surface area contributed by atoms with Crippen molar-refractivity contribution in [2.24, 2.45) is 0 Å². The van der Waals surface area contributed by atoms with E-state index < -0.39 is 5.97 Å². The molecule has 4 aromatic rings. The van der Waals surface area contributed by atoms with Gasteiger partial charge in [-0.2, -0.15) is 5.10 Å². The second-order valence-corrected chi connectivity index (χ2v) is 9.48. The molecule has 6 rings (SSSR count). The van der Waals surface area contributed by atoms with Crippen LogP contribution in [0.2, 0.25) is 0 Å². The van der Waals surface area contributed by atoms with Crippen LogP contribution in [0, 0.1) is 0 Å². The highest BCUT2D eigenvalue weighted by molar-refractivity contribution is 6.38. The number of carbonyl (C=O) groups is 3. The van der Waals surface area contributed by atoms with Gasteiger partial charge >= 0.3 is 5.97 Å². The summed E-state index contributed by atoms with van der Waals surface area (Å²) in [6.45, 7) is 0.767. The van der Waals surface area contributed by atoms with Gasteiger partial charge in [0.25, 0.3) is 5.91 Å². The zero-order chi connectivity index (χ0) is 27.1. The van der Waals surface area contributed by atoms with Crippen LogP contribution in [0.1, 0.15) is 27.0 Å². The number of carbonyl (C=O) groups excluding carboxylic acids is 2. The van der Waals surface area contributed by atoms with Gasteiger partial charge in [-0.15, -0.1) is 0 Å². The molecule has 9 nitrogen and oxygen atoms in total. The molecule has 194 valence electrons. The number of aromatic nitrogens is 2. The lowest BCUT2D eigenvalue weighted by Crippen LogP contribution is -2.32. The normalized spacial score (nSPS) is 15.3. The molecule has 3 heterocycles. The molecule has 9 heteroatoms. The molecule has 0 saturated heterocycles. The second kappa shape index (κ2) is 9.60. The third kappa shape index (κ3) is 4.33. The molecule has 2 N–H and O–H groups in total. The highest BCUT2D eigenvalue weighted by Crippen LogP contribution is 2.41. The Morgan fingerprint density at radius 2 is 1.79 bits per heavy atom. The largest absolute Gasteiger partial charge is 0.478 e. The number of carboxylic acid groups (broad SMARTS) is 1. The van der Waals surface area contributed by atoms with E-state index in [1.807, 2.05) is 48.5 Å². The molecule has 0 atom stereocenters. The van der Waals surface area contributed by atoms with Gasteiger partial charge in [0.1, 0.15) is 6.54 Å². The van der Waals surface area contributed by atoms with Gasteiger partial charge in [-0.3, -0.25) is 14.3 Å². The van der Waals surface area contributed by atoms with Crippen LogP contribution in [0.25, 0.3) is 11.3 Å². The van der Waals surface area contributed by atoms with E-state index in [0.717, 1.165) is 28.9 Å². The van der Waals surface area contributed by atoms with Crippen molar-refractivity contribution in [3.8, 4) is 0 Å². The van der Waals surface area contributed by atoms with Crippen LogP contribution in [0.15, 0.2) is 85.2 Å². The van der Waals surface area contributed by atoms with Crippen molar-refractivity contribution in [1.29, 1.82) is 0 Å². The monoisotopic (exact) mass is 519 g/mol. The second-order valence-electron chi connectivity index (χ2n) is 9.48. The van der Waals surface area contributed by atoms with Crippen molar-refractivity contribution >= 4 is 46.1 Å². The maximum absolute atomic E-state index is 13.5. The van der Waals surface area contributed by atoms with Gasteiger partial charge in [-0.25, -0.2) is 4.79 Å². The number of amides is 2. The summed E-state index contributed by atoms with van der Waals surface area (Å²) in [5, 5.41) is 17.1. The minimum Gasteiger partial charge on any atom is -0.478 e. The van der Waals surface area contributed by atoms with E-state index in [9.17, 15) is 19.5 Å². The number of fused-ring (bicyclic) bond motifs is 2. The number of rotatable bonds is 6. The summed E-state index contributed by atoms with van der Waals surface area (Å²) in [6.07, 6.45) is 4.14. The Morgan fingerprint density at radius 1 is 0.974 bits per heavy atom. The topological polar surface area (TPSA) is 108 Å². The number of carboxylic acids is 1. The summed E-state index contributed by atoms with van der Waals surface area (Å²) in [7, 11) is 1.65. The summed E-state index contributed by atoms with van der Waals surface area (Å²) in [4.78, 5) is 41.2. The molecule has 0 unspecified atom stereocenters. The first-order valence-corrected chi connectivity index (χ1v) is 12.5. The third-order valence-electron chi connectivity index (χ3n) is 7.11. The Labute approximate surface area is 224 Å². The van der Waals surface area contributed by atoms with E-state index in [0.29, 0.717) is 29.1 Å². The molecule has 0 radical (unpaired) electrons. The predicted molar refractivity (Wildman–Crippen MR) is 148 cm³/mol. The smallest absolute Gasteiger partial charge is 0.335 e. The first-order chi connectivity index (χ1) is 18.9. The molecule has 0 saturated carbocycles. The highest BCUT2D eigenvalue weighted by atomic mass is 16.4. The number of nitrogens with zero attached hydrogens (tertiary/aromatic N) is 4. The molecule has 2 amide bonds. The van der Waals surface area contributed by atoms with E-state index >= 15 is 0 Å².